The molecule has 0 spiro atoms. The molecule has 1 saturated heterocycles. The Morgan fingerprint density at radius 3 is 2.50 bits per heavy atom. The van der Waals surface area contributed by atoms with Crippen LogP contribution in [0.25, 0.3) is 0 Å². The fourth-order valence-electron chi connectivity index (χ4n) is 2.41. The zero-order valence-electron chi connectivity index (χ0n) is 12.0. The number of rotatable bonds is 5. The molecule has 3 rings (SSSR count). The van der Waals surface area contributed by atoms with E-state index in [0.717, 1.165) is 5.56 Å². The first-order valence-electron chi connectivity index (χ1n) is 7.09. The van der Waals surface area contributed by atoms with E-state index in [1.165, 1.54) is 9.79 Å². The van der Waals surface area contributed by atoms with Gasteiger partial charge in [0.25, 0.3) is 0 Å². The number of hydrazine groups is 2. The molecular formula is C16H18N4OS. The summed E-state index contributed by atoms with van der Waals surface area (Å²) < 4.78 is 0. The molecule has 2 aromatic rings. The van der Waals surface area contributed by atoms with E-state index in [4.69, 9.17) is 5.84 Å². The first-order chi connectivity index (χ1) is 10.8. The standard InChI is InChI=1S/C16H18N4OS/c17-19-20-11-18-16(21)15(20)10-12-6-8-14(9-7-12)22-13-4-2-1-3-5-13/h1-9,15,19H,10-11,17H2,(H,18,21). The molecule has 1 atom stereocenters. The number of hydrogen-bond acceptors (Lipinski definition) is 5. The van der Waals surface area contributed by atoms with Gasteiger partial charge in [-0.15, -0.1) is 0 Å². The van der Waals surface area contributed by atoms with Crippen LogP contribution >= 0.6 is 11.8 Å². The highest BCUT2D eigenvalue weighted by Crippen LogP contribution is 2.27. The molecule has 1 heterocycles. The van der Waals surface area contributed by atoms with Gasteiger partial charge in [-0.05, 0) is 36.2 Å². The number of amides is 1. The summed E-state index contributed by atoms with van der Waals surface area (Å²) in [5.74, 6) is 5.43. The van der Waals surface area contributed by atoms with E-state index in [2.05, 4.69) is 47.2 Å². The number of hydrogen-bond donors (Lipinski definition) is 3. The maximum atomic E-state index is 11.8. The molecule has 114 valence electrons. The summed E-state index contributed by atoms with van der Waals surface area (Å²) in [4.78, 5) is 14.2. The lowest BCUT2D eigenvalue weighted by atomic mass is 10.1. The van der Waals surface area contributed by atoms with Crippen molar-refractivity contribution in [2.45, 2.75) is 22.3 Å². The van der Waals surface area contributed by atoms with Gasteiger partial charge in [-0.25, -0.2) is 0 Å². The highest BCUT2D eigenvalue weighted by molar-refractivity contribution is 7.99. The van der Waals surface area contributed by atoms with Crippen LogP contribution < -0.4 is 16.7 Å². The van der Waals surface area contributed by atoms with Crippen LogP contribution in [-0.2, 0) is 11.2 Å². The number of carbonyl (C=O) groups is 1. The second kappa shape index (κ2) is 6.93. The van der Waals surface area contributed by atoms with Crippen molar-refractivity contribution in [2.75, 3.05) is 6.67 Å². The summed E-state index contributed by atoms with van der Waals surface area (Å²) in [6.07, 6.45) is 0.631. The minimum absolute atomic E-state index is 0.000636. The molecule has 0 aliphatic carbocycles. The molecule has 5 nitrogen and oxygen atoms in total. The Balaban J connectivity index is 1.65. The Morgan fingerprint density at radius 2 is 1.82 bits per heavy atom. The summed E-state index contributed by atoms with van der Waals surface area (Å²) in [6.45, 7) is 0.432. The summed E-state index contributed by atoms with van der Waals surface area (Å²) in [6, 6.07) is 18.3. The highest BCUT2D eigenvalue weighted by Gasteiger charge is 2.31. The van der Waals surface area contributed by atoms with Crippen LogP contribution in [0.3, 0.4) is 0 Å². The minimum Gasteiger partial charge on any atom is -0.341 e. The van der Waals surface area contributed by atoms with Crippen molar-refractivity contribution in [1.82, 2.24) is 15.9 Å². The SMILES string of the molecule is NNN1CNC(=O)C1Cc1ccc(Sc2ccccc2)cc1. The molecule has 1 amide bonds. The molecule has 1 fully saturated rings. The molecule has 0 bridgehead atoms. The van der Waals surface area contributed by atoms with Gasteiger partial charge in [0, 0.05) is 9.79 Å². The average Bonchev–Trinajstić information content (AvgIpc) is 2.90. The van der Waals surface area contributed by atoms with E-state index in [1.54, 1.807) is 16.8 Å². The fourth-order valence-corrected chi connectivity index (χ4v) is 3.25. The van der Waals surface area contributed by atoms with Crippen molar-refractivity contribution in [3.8, 4) is 0 Å². The first-order valence-corrected chi connectivity index (χ1v) is 7.90. The third-order valence-electron chi connectivity index (χ3n) is 3.60. The molecule has 0 saturated carbocycles. The molecule has 1 unspecified atom stereocenters. The summed E-state index contributed by atoms with van der Waals surface area (Å²) in [5, 5.41) is 4.48. The van der Waals surface area contributed by atoms with Gasteiger partial charge < -0.3 is 5.32 Å². The van der Waals surface area contributed by atoms with Gasteiger partial charge in [0.15, 0.2) is 0 Å². The molecule has 4 N–H and O–H groups in total. The van der Waals surface area contributed by atoms with Gasteiger partial charge >= 0.3 is 0 Å². The van der Waals surface area contributed by atoms with E-state index in [1.807, 2.05) is 18.2 Å². The zero-order valence-corrected chi connectivity index (χ0v) is 12.8. The average molecular weight is 314 g/mol. The molecule has 0 radical (unpaired) electrons. The van der Waals surface area contributed by atoms with Gasteiger partial charge in [-0.2, -0.15) is 10.5 Å². The van der Waals surface area contributed by atoms with E-state index in [-0.39, 0.29) is 11.9 Å². The van der Waals surface area contributed by atoms with Crippen LogP contribution in [0, 0.1) is 0 Å². The van der Waals surface area contributed by atoms with Crippen molar-refractivity contribution in [2.24, 2.45) is 5.84 Å². The smallest absolute Gasteiger partial charge is 0.240 e. The predicted octanol–water partition coefficient (Wildman–Crippen LogP) is 1.52. The van der Waals surface area contributed by atoms with Crippen LogP contribution in [0.1, 0.15) is 5.56 Å². The summed E-state index contributed by atoms with van der Waals surface area (Å²) in [5.41, 5.74) is 3.67. The molecule has 2 aromatic carbocycles. The molecule has 0 aromatic heterocycles. The number of benzene rings is 2. The lowest BCUT2D eigenvalue weighted by Gasteiger charge is -2.19. The van der Waals surface area contributed by atoms with Crippen LogP contribution in [-0.4, -0.2) is 23.6 Å². The fraction of sp³-hybridized carbons (Fsp3) is 0.188. The third kappa shape index (κ3) is 3.48. The number of nitrogens with one attached hydrogen (secondary N) is 2. The van der Waals surface area contributed by atoms with Gasteiger partial charge in [0.05, 0.1) is 6.67 Å². The summed E-state index contributed by atoms with van der Waals surface area (Å²) in [7, 11) is 0. The number of carbonyl (C=O) groups excluding carboxylic acids is 1. The maximum absolute atomic E-state index is 11.8. The normalized spacial score (nSPS) is 18.4. The maximum Gasteiger partial charge on any atom is 0.240 e. The van der Waals surface area contributed by atoms with Gasteiger partial charge in [0.1, 0.15) is 6.04 Å². The Kier molecular flexibility index (Phi) is 4.74. The van der Waals surface area contributed by atoms with Gasteiger partial charge in [0.2, 0.25) is 5.91 Å². The number of nitrogens with two attached hydrogens (primary N) is 1. The van der Waals surface area contributed by atoms with Gasteiger partial charge in [-0.1, -0.05) is 42.1 Å². The first kappa shape index (κ1) is 15.1. The van der Waals surface area contributed by atoms with Crippen molar-refractivity contribution in [3.63, 3.8) is 0 Å². The molecule has 22 heavy (non-hydrogen) atoms. The van der Waals surface area contributed by atoms with Gasteiger partial charge in [-0.3, -0.25) is 10.6 Å². The number of nitrogens with zero attached hydrogens (tertiary/aromatic N) is 1. The third-order valence-corrected chi connectivity index (χ3v) is 4.62. The second-order valence-electron chi connectivity index (χ2n) is 5.08. The molecule has 1 aliphatic rings. The van der Waals surface area contributed by atoms with Crippen LogP contribution in [0.2, 0.25) is 0 Å². The zero-order chi connectivity index (χ0) is 15.4. The second-order valence-corrected chi connectivity index (χ2v) is 6.22. The van der Waals surface area contributed by atoms with E-state index in [0.29, 0.717) is 13.1 Å². The highest BCUT2D eigenvalue weighted by atomic mass is 32.2. The summed E-state index contributed by atoms with van der Waals surface area (Å²) >= 11 is 1.72. The lowest BCUT2D eigenvalue weighted by Crippen LogP contribution is -2.48. The Labute approximate surface area is 133 Å². The van der Waals surface area contributed by atoms with Crippen molar-refractivity contribution in [3.05, 3.63) is 60.2 Å². The van der Waals surface area contributed by atoms with Crippen LogP contribution in [0.15, 0.2) is 64.4 Å². The molecule has 1 aliphatic heterocycles. The molecular weight excluding hydrogens is 296 g/mol. The van der Waals surface area contributed by atoms with Crippen LogP contribution in [0.4, 0.5) is 0 Å². The molecule has 6 heteroatoms. The predicted molar refractivity (Wildman–Crippen MR) is 86.7 cm³/mol. The largest absolute Gasteiger partial charge is 0.341 e. The monoisotopic (exact) mass is 314 g/mol. The Morgan fingerprint density at radius 1 is 1.14 bits per heavy atom. The van der Waals surface area contributed by atoms with E-state index >= 15 is 0 Å². The quantitative estimate of drug-likeness (QED) is 0.576. The Hall–Kier alpha value is -1.86. The van der Waals surface area contributed by atoms with Crippen molar-refractivity contribution in [1.29, 1.82) is 0 Å². The van der Waals surface area contributed by atoms with Crippen molar-refractivity contribution < 1.29 is 4.79 Å². The van der Waals surface area contributed by atoms with Crippen LogP contribution in [0.5, 0.6) is 0 Å². The van der Waals surface area contributed by atoms with E-state index in [9.17, 15) is 4.79 Å². The van der Waals surface area contributed by atoms with Crippen molar-refractivity contribution >= 4 is 17.7 Å². The Bertz CT molecular complexity index is 632. The van der Waals surface area contributed by atoms with E-state index < -0.39 is 0 Å². The lowest BCUT2D eigenvalue weighted by molar-refractivity contribution is -0.121. The topological polar surface area (TPSA) is 70.4 Å². The minimum atomic E-state index is -0.266.